The minimum Gasteiger partial charge on any atom is -0.465 e. The second kappa shape index (κ2) is 3.86. The third kappa shape index (κ3) is 1.61. The number of benzene rings is 1. The van der Waals surface area contributed by atoms with Gasteiger partial charge in [-0.1, -0.05) is 42.5 Å². The van der Waals surface area contributed by atoms with Crippen LogP contribution in [0.4, 0.5) is 0 Å². The van der Waals surface area contributed by atoms with Gasteiger partial charge in [0.15, 0.2) is 0 Å². The van der Waals surface area contributed by atoms with Crippen LogP contribution >= 0.6 is 0 Å². The van der Waals surface area contributed by atoms with Gasteiger partial charge in [-0.15, -0.1) is 0 Å². The Labute approximate surface area is 94.7 Å². The van der Waals surface area contributed by atoms with Crippen molar-refractivity contribution in [3.8, 4) is 0 Å². The summed E-state index contributed by atoms with van der Waals surface area (Å²) in [5, 5.41) is 0. The van der Waals surface area contributed by atoms with Crippen LogP contribution in [0.5, 0.6) is 0 Å². The maximum atomic E-state index is 5.40. The predicted molar refractivity (Wildman–Crippen MR) is 65.7 cm³/mol. The van der Waals surface area contributed by atoms with Crippen LogP contribution in [0.15, 0.2) is 65.3 Å². The van der Waals surface area contributed by atoms with Crippen molar-refractivity contribution in [1.29, 1.82) is 0 Å². The van der Waals surface area contributed by atoms with E-state index in [4.69, 9.17) is 4.42 Å². The van der Waals surface area contributed by atoms with Crippen LogP contribution in [0.2, 0.25) is 0 Å². The largest absolute Gasteiger partial charge is 0.465 e. The standard InChI is InChI=1S/C15H12O/c1-2-5-12(6-3-1)13-8-9-14(11-13)15-7-4-10-16-15/h1-10H,11H2. The highest BCUT2D eigenvalue weighted by atomic mass is 16.3. The molecular formula is C15H12O. The Morgan fingerprint density at radius 2 is 1.62 bits per heavy atom. The van der Waals surface area contributed by atoms with Gasteiger partial charge in [-0.2, -0.15) is 0 Å². The Morgan fingerprint density at radius 3 is 2.38 bits per heavy atom. The quantitative estimate of drug-likeness (QED) is 0.722. The third-order valence-electron chi connectivity index (χ3n) is 2.85. The first-order valence-corrected chi connectivity index (χ1v) is 5.42. The van der Waals surface area contributed by atoms with Gasteiger partial charge in [-0.25, -0.2) is 0 Å². The van der Waals surface area contributed by atoms with Crippen molar-refractivity contribution in [3.05, 3.63) is 72.2 Å². The molecule has 0 spiro atoms. The van der Waals surface area contributed by atoms with E-state index in [1.807, 2.05) is 18.2 Å². The zero-order valence-corrected chi connectivity index (χ0v) is 8.89. The van der Waals surface area contributed by atoms with Crippen LogP contribution in [-0.2, 0) is 0 Å². The molecule has 0 atom stereocenters. The molecule has 0 aliphatic heterocycles. The Bertz CT molecular complexity index is 530. The molecule has 1 nitrogen and oxygen atoms in total. The Hall–Kier alpha value is -2.02. The fourth-order valence-electron chi connectivity index (χ4n) is 2.01. The second-order valence-electron chi connectivity index (χ2n) is 3.90. The van der Waals surface area contributed by atoms with Crippen LogP contribution in [-0.4, -0.2) is 0 Å². The van der Waals surface area contributed by atoms with E-state index in [1.165, 1.54) is 16.7 Å². The lowest BCUT2D eigenvalue weighted by Crippen LogP contribution is -1.82. The number of furan rings is 1. The molecule has 0 fully saturated rings. The summed E-state index contributed by atoms with van der Waals surface area (Å²) >= 11 is 0. The lowest BCUT2D eigenvalue weighted by Gasteiger charge is -2.03. The first-order chi connectivity index (χ1) is 7.93. The van der Waals surface area contributed by atoms with E-state index in [1.54, 1.807) is 6.26 Å². The van der Waals surface area contributed by atoms with Crippen LogP contribution in [0.25, 0.3) is 11.1 Å². The minimum absolute atomic E-state index is 0.956. The molecule has 0 N–H and O–H groups in total. The van der Waals surface area contributed by atoms with Gasteiger partial charge in [0, 0.05) is 6.42 Å². The molecule has 16 heavy (non-hydrogen) atoms. The van der Waals surface area contributed by atoms with E-state index in [-0.39, 0.29) is 0 Å². The maximum Gasteiger partial charge on any atom is 0.130 e. The van der Waals surface area contributed by atoms with Crippen molar-refractivity contribution in [3.63, 3.8) is 0 Å². The van der Waals surface area contributed by atoms with Crippen molar-refractivity contribution in [2.45, 2.75) is 6.42 Å². The topological polar surface area (TPSA) is 13.1 Å². The van der Waals surface area contributed by atoms with Gasteiger partial charge in [0.25, 0.3) is 0 Å². The Balaban J connectivity index is 1.82. The first-order valence-electron chi connectivity index (χ1n) is 5.42. The van der Waals surface area contributed by atoms with Crippen molar-refractivity contribution in [2.24, 2.45) is 0 Å². The summed E-state index contributed by atoms with van der Waals surface area (Å²) in [6, 6.07) is 14.4. The normalized spacial score (nSPS) is 14.8. The number of allylic oxidation sites excluding steroid dienone is 4. The van der Waals surface area contributed by atoms with Crippen molar-refractivity contribution in [1.82, 2.24) is 0 Å². The van der Waals surface area contributed by atoms with Gasteiger partial charge in [0.05, 0.1) is 6.26 Å². The first kappa shape index (κ1) is 9.22. The maximum absolute atomic E-state index is 5.40. The molecule has 78 valence electrons. The molecule has 0 amide bonds. The smallest absolute Gasteiger partial charge is 0.130 e. The van der Waals surface area contributed by atoms with E-state index < -0.39 is 0 Å². The fraction of sp³-hybridized carbons (Fsp3) is 0.0667. The van der Waals surface area contributed by atoms with Crippen LogP contribution < -0.4 is 0 Å². The monoisotopic (exact) mass is 208 g/mol. The van der Waals surface area contributed by atoms with E-state index in [9.17, 15) is 0 Å². The molecule has 1 heteroatoms. The highest BCUT2D eigenvalue weighted by molar-refractivity contribution is 5.85. The zero-order valence-electron chi connectivity index (χ0n) is 8.89. The summed E-state index contributed by atoms with van der Waals surface area (Å²) < 4.78 is 5.40. The van der Waals surface area contributed by atoms with Gasteiger partial charge >= 0.3 is 0 Å². The molecule has 1 aromatic carbocycles. The van der Waals surface area contributed by atoms with Crippen LogP contribution in [0.3, 0.4) is 0 Å². The highest BCUT2D eigenvalue weighted by Crippen LogP contribution is 2.33. The van der Waals surface area contributed by atoms with E-state index >= 15 is 0 Å². The molecular weight excluding hydrogens is 196 g/mol. The molecule has 0 saturated carbocycles. The molecule has 0 bridgehead atoms. The molecule has 2 aromatic rings. The summed E-state index contributed by atoms with van der Waals surface area (Å²) in [5.41, 5.74) is 3.90. The van der Waals surface area contributed by atoms with Gasteiger partial charge in [-0.3, -0.25) is 0 Å². The van der Waals surface area contributed by atoms with Crippen molar-refractivity contribution in [2.75, 3.05) is 0 Å². The minimum atomic E-state index is 0.956. The average molecular weight is 208 g/mol. The van der Waals surface area contributed by atoms with Gasteiger partial charge in [0.1, 0.15) is 5.76 Å². The lowest BCUT2D eigenvalue weighted by molar-refractivity contribution is 0.552. The molecule has 3 rings (SSSR count). The summed E-state index contributed by atoms with van der Waals surface area (Å²) in [5.74, 6) is 0.974. The Kier molecular flexibility index (Phi) is 2.22. The molecule has 1 aromatic heterocycles. The van der Waals surface area contributed by atoms with Crippen molar-refractivity contribution >= 4 is 11.1 Å². The lowest BCUT2D eigenvalue weighted by atomic mass is 10.0. The summed E-state index contributed by atoms with van der Waals surface area (Å²) in [6.45, 7) is 0. The molecule has 1 heterocycles. The zero-order chi connectivity index (χ0) is 10.8. The fourth-order valence-corrected chi connectivity index (χ4v) is 2.01. The van der Waals surface area contributed by atoms with Gasteiger partial charge in [0.2, 0.25) is 0 Å². The molecule has 0 unspecified atom stereocenters. The number of rotatable bonds is 2. The average Bonchev–Trinajstić information content (AvgIpc) is 3.01. The third-order valence-corrected chi connectivity index (χ3v) is 2.85. The van der Waals surface area contributed by atoms with Crippen molar-refractivity contribution < 1.29 is 4.42 Å². The van der Waals surface area contributed by atoms with E-state index in [0.717, 1.165) is 12.2 Å². The number of hydrogen-bond donors (Lipinski definition) is 0. The van der Waals surface area contributed by atoms with Gasteiger partial charge < -0.3 is 4.42 Å². The van der Waals surface area contributed by atoms with E-state index in [2.05, 4.69) is 36.4 Å². The van der Waals surface area contributed by atoms with Crippen LogP contribution in [0, 0.1) is 0 Å². The summed E-state index contributed by atoms with van der Waals surface area (Å²) in [4.78, 5) is 0. The van der Waals surface area contributed by atoms with Gasteiger partial charge in [-0.05, 0) is 28.8 Å². The molecule has 0 radical (unpaired) electrons. The molecule has 1 aliphatic carbocycles. The molecule has 1 aliphatic rings. The second-order valence-corrected chi connectivity index (χ2v) is 3.90. The highest BCUT2D eigenvalue weighted by Gasteiger charge is 2.13. The molecule has 0 saturated heterocycles. The van der Waals surface area contributed by atoms with Crippen LogP contribution in [0.1, 0.15) is 17.7 Å². The summed E-state index contributed by atoms with van der Waals surface area (Å²) in [7, 11) is 0. The summed E-state index contributed by atoms with van der Waals surface area (Å²) in [6.07, 6.45) is 6.99. The predicted octanol–water partition coefficient (Wildman–Crippen LogP) is 4.15. The Morgan fingerprint density at radius 1 is 0.812 bits per heavy atom. The van der Waals surface area contributed by atoms with E-state index in [0.29, 0.717) is 0 Å². The number of hydrogen-bond acceptors (Lipinski definition) is 1. The SMILES string of the molecule is C1=C(c2ccccc2)CC(c2ccco2)=C1.